The molecule has 5 nitrogen and oxygen atoms in total. The highest BCUT2D eigenvalue weighted by molar-refractivity contribution is 5.68. The normalized spacial score (nSPS) is 20.2. The molecule has 5 heteroatoms. The average Bonchev–Trinajstić information content (AvgIpc) is 2.27. The number of likely N-dealkylation sites (tertiary alicyclic amines) is 1. The van der Waals surface area contributed by atoms with E-state index in [1.807, 2.05) is 20.8 Å². The summed E-state index contributed by atoms with van der Waals surface area (Å²) < 4.78 is 10.8. The van der Waals surface area contributed by atoms with Gasteiger partial charge in [0, 0.05) is 26.7 Å². The summed E-state index contributed by atoms with van der Waals surface area (Å²) in [4.78, 5) is 13.6. The van der Waals surface area contributed by atoms with Crippen LogP contribution in [-0.4, -0.2) is 48.9 Å². The molecule has 0 aliphatic carbocycles. The van der Waals surface area contributed by atoms with Crippen molar-refractivity contribution in [2.45, 2.75) is 44.8 Å². The van der Waals surface area contributed by atoms with E-state index < -0.39 is 5.60 Å². The molecular formula is C12H24N2O3. The molecule has 1 aliphatic rings. The maximum Gasteiger partial charge on any atom is 0.410 e. The standard InChI is InChI=1S/C12H24N2O3/c1-11(2,3)17-10(15)14-7-5-12(9-13,16-4)6-8-14/h5-9,13H2,1-4H3. The Morgan fingerprint density at radius 2 is 1.88 bits per heavy atom. The first kappa shape index (κ1) is 14.3. The van der Waals surface area contributed by atoms with Crippen LogP contribution in [0.25, 0.3) is 0 Å². The molecule has 2 N–H and O–H groups in total. The van der Waals surface area contributed by atoms with Gasteiger partial charge in [0.25, 0.3) is 0 Å². The van der Waals surface area contributed by atoms with Gasteiger partial charge in [0.05, 0.1) is 5.60 Å². The molecule has 0 saturated carbocycles. The predicted molar refractivity (Wildman–Crippen MR) is 65.8 cm³/mol. The first-order valence-corrected chi connectivity index (χ1v) is 6.05. The van der Waals surface area contributed by atoms with Gasteiger partial charge in [-0.25, -0.2) is 4.79 Å². The van der Waals surface area contributed by atoms with Gasteiger partial charge >= 0.3 is 6.09 Å². The van der Waals surface area contributed by atoms with Gasteiger partial charge in [0.1, 0.15) is 5.60 Å². The fourth-order valence-electron chi connectivity index (χ4n) is 1.91. The minimum atomic E-state index is -0.444. The van der Waals surface area contributed by atoms with E-state index in [-0.39, 0.29) is 11.7 Å². The molecule has 0 spiro atoms. The summed E-state index contributed by atoms with van der Waals surface area (Å²) >= 11 is 0. The van der Waals surface area contributed by atoms with Gasteiger partial charge in [-0.05, 0) is 33.6 Å². The van der Waals surface area contributed by atoms with E-state index in [0.717, 1.165) is 12.8 Å². The van der Waals surface area contributed by atoms with Gasteiger partial charge < -0.3 is 20.1 Å². The van der Waals surface area contributed by atoms with Gasteiger partial charge in [-0.2, -0.15) is 0 Å². The second-order valence-electron chi connectivity index (χ2n) is 5.56. The Hall–Kier alpha value is -0.810. The summed E-state index contributed by atoms with van der Waals surface area (Å²) in [6, 6.07) is 0. The second kappa shape index (κ2) is 5.23. The first-order valence-electron chi connectivity index (χ1n) is 6.05. The molecule has 1 rings (SSSR count). The van der Waals surface area contributed by atoms with Crippen LogP contribution in [0.2, 0.25) is 0 Å². The molecule has 0 atom stereocenters. The van der Waals surface area contributed by atoms with Crippen LogP contribution in [0, 0.1) is 0 Å². The van der Waals surface area contributed by atoms with Crippen molar-refractivity contribution in [3.63, 3.8) is 0 Å². The van der Waals surface area contributed by atoms with E-state index in [9.17, 15) is 4.79 Å². The maximum atomic E-state index is 11.8. The number of carbonyl (C=O) groups excluding carboxylic acids is 1. The van der Waals surface area contributed by atoms with E-state index in [4.69, 9.17) is 15.2 Å². The number of nitrogens with two attached hydrogens (primary N) is 1. The summed E-state index contributed by atoms with van der Waals surface area (Å²) in [5.74, 6) is 0. The molecule has 1 saturated heterocycles. The van der Waals surface area contributed by atoms with E-state index in [0.29, 0.717) is 19.6 Å². The van der Waals surface area contributed by atoms with E-state index in [1.165, 1.54) is 0 Å². The molecule has 1 aliphatic heterocycles. The number of rotatable bonds is 2. The van der Waals surface area contributed by atoms with Crippen LogP contribution in [0.4, 0.5) is 4.79 Å². The van der Waals surface area contributed by atoms with Gasteiger partial charge in [0.15, 0.2) is 0 Å². The van der Waals surface area contributed by atoms with Crippen molar-refractivity contribution in [3.8, 4) is 0 Å². The molecule has 1 heterocycles. The minimum absolute atomic E-state index is 0.251. The molecule has 17 heavy (non-hydrogen) atoms. The summed E-state index contributed by atoms with van der Waals surface area (Å²) in [7, 11) is 1.68. The Balaban J connectivity index is 2.49. The summed E-state index contributed by atoms with van der Waals surface area (Å²) in [5.41, 5.74) is 5.00. The summed E-state index contributed by atoms with van der Waals surface area (Å²) in [5, 5.41) is 0. The van der Waals surface area contributed by atoms with Crippen LogP contribution in [0.15, 0.2) is 0 Å². The average molecular weight is 244 g/mol. The van der Waals surface area contributed by atoms with Crippen molar-refractivity contribution in [1.29, 1.82) is 0 Å². The van der Waals surface area contributed by atoms with Crippen LogP contribution in [-0.2, 0) is 9.47 Å². The molecule has 1 fully saturated rings. The minimum Gasteiger partial charge on any atom is -0.444 e. The maximum absolute atomic E-state index is 11.8. The van der Waals surface area contributed by atoms with Crippen molar-refractivity contribution in [1.82, 2.24) is 4.90 Å². The van der Waals surface area contributed by atoms with Crippen LogP contribution in [0.3, 0.4) is 0 Å². The monoisotopic (exact) mass is 244 g/mol. The lowest BCUT2D eigenvalue weighted by Gasteiger charge is -2.40. The SMILES string of the molecule is COC1(CN)CCN(C(=O)OC(C)(C)C)CC1. The van der Waals surface area contributed by atoms with Crippen molar-refractivity contribution in [2.24, 2.45) is 5.73 Å². The lowest BCUT2D eigenvalue weighted by molar-refractivity contribution is -0.0539. The quantitative estimate of drug-likeness (QED) is 0.796. The molecule has 0 bridgehead atoms. The Bertz CT molecular complexity index is 259. The highest BCUT2D eigenvalue weighted by atomic mass is 16.6. The molecule has 0 aromatic heterocycles. The number of hydrogen-bond acceptors (Lipinski definition) is 4. The third-order valence-corrected chi connectivity index (χ3v) is 3.13. The Morgan fingerprint density at radius 1 is 1.35 bits per heavy atom. The van der Waals surface area contributed by atoms with E-state index in [2.05, 4.69) is 0 Å². The zero-order valence-electron chi connectivity index (χ0n) is 11.3. The number of ether oxygens (including phenoxy) is 2. The smallest absolute Gasteiger partial charge is 0.410 e. The number of amides is 1. The number of carbonyl (C=O) groups is 1. The Kier molecular flexibility index (Phi) is 4.38. The fourth-order valence-corrected chi connectivity index (χ4v) is 1.91. The molecule has 1 amide bonds. The topological polar surface area (TPSA) is 64.8 Å². The Labute approximate surface area is 103 Å². The molecule has 0 aromatic carbocycles. The third-order valence-electron chi connectivity index (χ3n) is 3.13. The molecule has 0 unspecified atom stereocenters. The number of piperidine rings is 1. The highest BCUT2D eigenvalue weighted by Crippen LogP contribution is 2.25. The first-order chi connectivity index (χ1) is 7.82. The third kappa shape index (κ3) is 3.85. The van der Waals surface area contributed by atoms with Crippen LogP contribution in [0.5, 0.6) is 0 Å². The van der Waals surface area contributed by atoms with Gasteiger partial charge in [-0.15, -0.1) is 0 Å². The molecule has 0 radical (unpaired) electrons. The van der Waals surface area contributed by atoms with Crippen LogP contribution >= 0.6 is 0 Å². The van der Waals surface area contributed by atoms with Gasteiger partial charge in [-0.3, -0.25) is 0 Å². The van der Waals surface area contributed by atoms with Crippen molar-refractivity contribution in [2.75, 3.05) is 26.7 Å². The molecule has 100 valence electrons. The predicted octanol–water partition coefficient (Wildman–Crippen LogP) is 1.36. The van der Waals surface area contributed by atoms with Crippen molar-refractivity contribution < 1.29 is 14.3 Å². The number of hydrogen-bond donors (Lipinski definition) is 1. The summed E-state index contributed by atoms with van der Waals surface area (Å²) in [6.45, 7) is 7.38. The highest BCUT2D eigenvalue weighted by Gasteiger charge is 2.36. The fraction of sp³-hybridized carbons (Fsp3) is 0.917. The van der Waals surface area contributed by atoms with Gasteiger partial charge in [-0.1, -0.05) is 0 Å². The second-order valence-corrected chi connectivity index (χ2v) is 5.56. The van der Waals surface area contributed by atoms with Crippen molar-refractivity contribution in [3.05, 3.63) is 0 Å². The lowest BCUT2D eigenvalue weighted by Crippen LogP contribution is -2.52. The lowest BCUT2D eigenvalue weighted by atomic mass is 9.91. The van der Waals surface area contributed by atoms with Crippen LogP contribution < -0.4 is 5.73 Å². The zero-order chi connectivity index (χ0) is 13.1. The number of methoxy groups -OCH3 is 1. The number of nitrogens with zero attached hydrogens (tertiary/aromatic N) is 1. The van der Waals surface area contributed by atoms with E-state index in [1.54, 1.807) is 12.0 Å². The largest absolute Gasteiger partial charge is 0.444 e. The molecule has 0 aromatic rings. The summed E-state index contributed by atoms with van der Waals surface area (Å²) in [6.07, 6.45) is 1.28. The Morgan fingerprint density at radius 3 is 2.24 bits per heavy atom. The van der Waals surface area contributed by atoms with Crippen molar-refractivity contribution >= 4 is 6.09 Å². The zero-order valence-corrected chi connectivity index (χ0v) is 11.3. The molecular weight excluding hydrogens is 220 g/mol. The van der Waals surface area contributed by atoms with Crippen LogP contribution in [0.1, 0.15) is 33.6 Å². The van der Waals surface area contributed by atoms with Gasteiger partial charge in [0.2, 0.25) is 0 Å². The van der Waals surface area contributed by atoms with E-state index >= 15 is 0 Å².